The van der Waals surface area contributed by atoms with Crippen molar-refractivity contribution in [3.63, 3.8) is 0 Å². The summed E-state index contributed by atoms with van der Waals surface area (Å²) in [6, 6.07) is 5.85. The van der Waals surface area contributed by atoms with Gasteiger partial charge in [-0.05, 0) is 18.2 Å². The van der Waals surface area contributed by atoms with Crippen molar-refractivity contribution in [2.75, 3.05) is 5.73 Å². The molecule has 5 heteroatoms. The molecule has 12 heavy (non-hydrogen) atoms. The molecular formula is C7H6N2O2S. The van der Waals surface area contributed by atoms with E-state index in [1.165, 1.54) is 18.2 Å². The molecule has 1 aromatic rings. The fraction of sp³-hybridized carbons (Fsp3) is 0. The van der Waals surface area contributed by atoms with E-state index in [1.807, 2.05) is 0 Å². The molecule has 0 heterocycles. The molecule has 1 aromatic carbocycles. The molecule has 0 saturated carbocycles. The average molecular weight is 182 g/mol. The standard InChI is InChI=1S/C7H6N2O2S/c8-4-5-3-6(9)1-2-7(5)12(10)11/h1-3,12H,9H2. The van der Waals surface area contributed by atoms with Gasteiger partial charge in [0, 0.05) is 5.69 Å². The molecule has 0 aliphatic heterocycles. The van der Waals surface area contributed by atoms with Crippen molar-refractivity contribution in [1.29, 1.82) is 5.26 Å². The number of nitrogen functional groups attached to an aromatic ring is 1. The first kappa shape index (κ1) is 8.56. The molecule has 0 unspecified atom stereocenters. The number of nitrogens with zero attached hydrogens (tertiary/aromatic N) is 1. The monoisotopic (exact) mass is 182 g/mol. The molecule has 0 spiro atoms. The smallest absolute Gasteiger partial charge is 0.169 e. The Morgan fingerprint density at radius 3 is 2.58 bits per heavy atom. The van der Waals surface area contributed by atoms with Crippen molar-refractivity contribution >= 4 is 16.4 Å². The lowest BCUT2D eigenvalue weighted by Crippen LogP contribution is -1.90. The molecule has 0 saturated heterocycles. The molecule has 0 bridgehead atoms. The summed E-state index contributed by atoms with van der Waals surface area (Å²) in [6.45, 7) is 0. The molecule has 0 aliphatic rings. The van der Waals surface area contributed by atoms with E-state index in [4.69, 9.17) is 11.0 Å². The second kappa shape index (κ2) is 3.24. The number of nitriles is 1. The van der Waals surface area contributed by atoms with Crippen LogP contribution in [0.2, 0.25) is 0 Å². The Morgan fingerprint density at radius 1 is 1.42 bits per heavy atom. The van der Waals surface area contributed by atoms with E-state index < -0.39 is 10.7 Å². The van der Waals surface area contributed by atoms with Crippen LogP contribution in [0.1, 0.15) is 5.56 Å². The molecule has 1 rings (SSSR count). The number of nitrogens with two attached hydrogens (primary N) is 1. The lowest BCUT2D eigenvalue weighted by atomic mass is 10.2. The highest BCUT2D eigenvalue weighted by Crippen LogP contribution is 2.13. The van der Waals surface area contributed by atoms with E-state index in [9.17, 15) is 8.42 Å². The van der Waals surface area contributed by atoms with E-state index in [0.717, 1.165) is 0 Å². The fourth-order valence-corrected chi connectivity index (χ4v) is 1.31. The Kier molecular flexibility index (Phi) is 2.31. The van der Waals surface area contributed by atoms with E-state index in [1.54, 1.807) is 6.07 Å². The van der Waals surface area contributed by atoms with Gasteiger partial charge in [-0.3, -0.25) is 0 Å². The normalized spacial score (nSPS) is 9.67. The minimum absolute atomic E-state index is 0.0155. The third-order valence-electron chi connectivity index (χ3n) is 1.34. The molecule has 62 valence electrons. The van der Waals surface area contributed by atoms with E-state index in [-0.39, 0.29) is 10.5 Å². The van der Waals surface area contributed by atoms with Gasteiger partial charge in [0.15, 0.2) is 10.7 Å². The second-order valence-corrected chi connectivity index (χ2v) is 3.14. The van der Waals surface area contributed by atoms with Crippen LogP contribution in [0.5, 0.6) is 0 Å². The van der Waals surface area contributed by atoms with Crippen LogP contribution < -0.4 is 5.73 Å². The molecule has 2 N–H and O–H groups in total. The molecule has 0 atom stereocenters. The zero-order valence-corrected chi connectivity index (χ0v) is 6.91. The summed E-state index contributed by atoms with van der Waals surface area (Å²) < 4.78 is 21.1. The second-order valence-electron chi connectivity index (χ2n) is 2.15. The van der Waals surface area contributed by atoms with Crippen molar-refractivity contribution in [3.8, 4) is 6.07 Å². The van der Waals surface area contributed by atoms with E-state index in [2.05, 4.69) is 0 Å². The third-order valence-corrected chi connectivity index (χ3v) is 2.12. The maximum atomic E-state index is 10.5. The lowest BCUT2D eigenvalue weighted by Gasteiger charge is -1.95. The van der Waals surface area contributed by atoms with Crippen LogP contribution in [-0.4, -0.2) is 8.42 Å². The molecule has 4 nitrogen and oxygen atoms in total. The minimum Gasteiger partial charge on any atom is -0.399 e. The zero-order chi connectivity index (χ0) is 9.14. The van der Waals surface area contributed by atoms with Crippen molar-refractivity contribution in [2.45, 2.75) is 4.90 Å². The van der Waals surface area contributed by atoms with Crippen LogP contribution in [-0.2, 0) is 10.7 Å². The minimum atomic E-state index is -2.71. The van der Waals surface area contributed by atoms with Gasteiger partial charge in [-0.1, -0.05) is 0 Å². The molecule has 0 radical (unpaired) electrons. The number of hydrogen-bond donors (Lipinski definition) is 2. The van der Waals surface area contributed by atoms with Crippen LogP contribution in [0.3, 0.4) is 0 Å². The summed E-state index contributed by atoms with van der Waals surface area (Å²) in [6.07, 6.45) is 0. The average Bonchev–Trinajstić information content (AvgIpc) is 2.03. The molecule has 0 amide bonds. The van der Waals surface area contributed by atoms with Crippen LogP contribution in [0.15, 0.2) is 23.1 Å². The van der Waals surface area contributed by atoms with Crippen molar-refractivity contribution < 1.29 is 8.42 Å². The van der Waals surface area contributed by atoms with Crippen molar-refractivity contribution in [3.05, 3.63) is 23.8 Å². The van der Waals surface area contributed by atoms with E-state index in [0.29, 0.717) is 5.69 Å². The van der Waals surface area contributed by atoms with Gasteiger partial charge < -0.3 is 5.73 Å². The number of rotatable bonds is 1. The Labute approximate surface area is 71.2 Å². The highest BCUT2D eigenvalue weighted by atomic mass is 32.2. The van der Waals surface area contributed by atoms with Gasteiger partial charge in [-0.15, -0.1) is 0 Å². The quantitative estimate of drug-likeness (QED) is 0.477. The molecular weight excluding hydrogens is 176 g/mol. The first-order valence-corrected chi connectivity index (χ1v) is 4.27. The highest BCUT2D eigenvalue weighted by Gasteiger charge is 2.03. The summed E-state index contributed by atoms with van der Waals surface area (Å²) in [5, 5.41) is 8.52. The lowest BCUT2D eigenvalue weighted by molar-refractivity contribution is 0.614. The predicted octanol–water partition coefficient (Wildman–Crippen LogP) is 0.111. The van der Waals surface area contributed by atoms with Gasteiger partial charge in [0.1, 0.15) is 6.07 Å². The molecule has 0 fully saturated rings. The predicted molar refractivity (Wildman–Crippen MR) is 44.2 cm³/mol. The largest absolute Gasteiger partial charge is 0.399 e. The number of benzene rings is 1. The van der Waals surface area contributed by atoms with Gasteiger partial charge in [-0.2, -0.15) is 5.26 Å². The van der Waals surface area contributed by atoms with Crippen molar-refractivity contribution in [2.24, 2.45) is 0 Å². The summed E-state index contributed by atoms with van der Waals surface area (Å²) in [5.74, 6) is 0. The SMILES string of the molecule is N#Cc1cc(N)ccc1[SH](=O)=O. The number of thiol groups is 1. The Balaban J connectivity index is 3.42. The van der Waals surface area contributed by atoms with Crippen LogP contribution in [0.25, 0.3) is 0 Å². The summed E-state index contributed by atoms with van der Waals surface area (Å²) in [7, 11) is -2.71. The topological polar surface area (TPSA) is 83.9 Å². The van der Waals surface area contributed by atoms with E-state index >= 15 is 0 Å². The Hall–Kier alpha value is -1.54. The van der Waals surface area contributed by atoms with Gasteiger partial charge >= 0.3 is 0 Å². The summed E-state index contributed by atoms with van der Waals surface area (Å²) >= 11 is 0. The van der Waals surface area contributed by atoms with Gasteiger partial charge in [0.2, 0.25) is 0 Å². The first-order valence-electron chi connectivity index (χ1n) is 3.09. The van der Waals surface area contributed by atoms with Gasteiger partial charge in [-0.25, -0.2) is 8.42 Å². The van der Waals surface area contributed by atoms with Crippen molar-refractivity contribution in [1.82, 2.24) is 0 Å². The first-order chi connectivity index (χ1) is 5.65. The van der Waals surface area contributed by atoms with Crippen LogP contribution in [0, 0.1) is 11.3 Å². The summed E-state index contributed by atoms with van der Waals surface area (Å²) in [5.41, 5.74) is 5.83. The Bertz CT molecular complexity index is 410. The number of hydrogen-bond acceptors (Lipinski definition) is 4. The van der Waals surface area contributed by atoms with Gasteiger partial charge in [0.05, 0.1) is 10.5 Å². The summed E-state index contributed by atoms with van der Waals surface area (Å²) in [4.78, 5) is 0.0155. The van der Waals surface area contributed by atoms with Gasteiger partial charge in [0.25, 0.3) is 0 Å². The third kappa shape index (κ3) is 1.54. The van der Waals surface area contributed by atoms with Crippen LogP contribution in [0.4, 0.5) is 5.69 Å². The fourth-order valence-electron chi connectivity index (χ4n) is 0.802. The zero-order valence-electron chi connectivity index (χ0n) is 6.02. The highest BCUT2D eigenvalue weighted by molar-refractivity contribution is 7.72. The van der Waals surface area contributed by atoms with Crippen LogP contribution >= 0.6 is 0 Å². The maximum Gasteiger partial charge on any atom is 0.169 e. The molecule has 0 aromatic heterocycles. The maximum absolute atomic E-state index is 10.5. The molecule has 0 aliphatic carbocycles. The Morgan fingerprint density at radius 2 is 2.08 bits per heavy atom. The number of anilines is 1.